The molecule has 1 saturated heterocycles. The number of likely N-dealkylation sites (N-methyl/N-ethyl adjacent to an activating group) is 1. The van der Waals surface area contributed by atoms with Gasteiger partial charge in [0.15, 0.2) is 0 Å². The number of aryl methyl sites for hydroxylation is 2. The molecule has 2 rings (SSSR count). The fourth-order valence-electron chi connectivity index (χ4n) is 2.49. The van der Waals surface area contributed by atoms with Crippen LogP contribution in [0.4, 0.5) is 0 Å². The van der Waals surface area contributed by atoms with E-state index in [2.05, 4.69) is 37.8 Å². The summed E-state index contributed by atoms with van der Waals surface area (Å²) in [4.78, 5) is 6.07. The molecule has 4 heteroatoms. The highest BCUT2D eigenvalue weighted by Crippen LogP contribution is 2.30. The Bertz CT molecular complexity index is 350. The lowest BCUT2D eigenvalue weighted by Gasteiger charge is -2.30. The molecule has 0 amide bonds. The minimum atomic E-state index is 0.602. The molecule has 2 heterocycles. The number of nitrogens with one attached hydrogen (secondary N) is 1. The second kappa shape index (κ2) is 6.92. The second-order valence-electron chi connectivity index (χ2n) is 5.02. The summed E-state index contributed by atoms with van der Waals surface area (Å²) in [7, 11) is 0. The molecule has 2 unspecified atom stereocenters. The Kier molecular flexibility index (Phi) is 5.52. The summed E-state index contributed by atoms with van der Waals surface area (Å²) in [5, 5.41) is 5.76. The number of rotatable bonds is 5. The van der Waals surface area contributed by atoms with E-state index in [-0.39, 0.29) is 0 Å². The molecule has 0 bridgehead atoms. The van der Waals surface area contributed by atoms with Crippen molar-refractivity contribution in [3.63, 3.8) is 0 Å². The van der Waals surface area contributed by atoms with Crippen LogP contribution >= 0.6 is 23.1 Å². The Hall–Kier alpha value is -0.0600. The molecule has 0 aliphatic carbocycles. The largest absolute Gasteiger partial charge is 0.313 e. The van der Waals surface area contributed by atoms with Gasteiger partial charge in [-0.05, 0) is 39.0 Å². The van der Waals surface area contributed by atoms with Gasteiger partial charge in [0, 0.05) is 22.6 Å². The minimum absolute atomic E-state index is 0.602. The molecule has 0 radical (unpaired) electrons. The molecule has 1 aromatic heterocycles. The maximum atomic E-state index is 4.70. The van der Waals surface area contributed by atoms with Crippen LogP contribution in [0, 0.1) is 13.8 Å². The molecule has 2 nitrogen and oxygen atoms in total. The Morgan fingerprint density at radius 3 is 2.78 bits per heavy atom. The molecule has 1 N–H and O–H groups in total. The van der Waals surface area contributed by atoms with Crippen LogP contribution in [0.2, 0.25) is 0 Å². The predicted octanol–water partition coefficient (Wildman–Crippen LogP) is 3.57. The molecule has 1 fully saturated rings. The van der Waals surface area contributed by atoms with Crippen molar-refractivity contribution < 1.29 is 0 Å². The summed E-state index contributed by atoms with van der Waals surface area (Å²) in [6, 6.07) is 0.602. The zero-order valence-electron chi connectivity index (χ0n) is 11.7. The van der Waals surface area contributed by atoms with Crippen LogP contribution in [0.15, 0.2) is 0 Å². The lowest BCUT2D eigenvalue weighted by atomic mass is 10.0. The van der Waals surface area contributed by atoms with E-state index in [1.807, 2.05) is 11.3 Å². The molecule has 18 heavy (non-hydrogen) atoms. The maximum absolute atomic E-state index is 4.70. The molecule has 2 atom stereocenters. The summed E-state index contributed by atoms with van der Waals surface area (Å²) in [5.74, 6) is 1.34. The van der Waals surface area contributed by atoms with Gasteiger partial charge in [0.2, 0.25) is 0 Å². The monoisotopic (exact) mass is 284 g/mol. The number of thiazole rings is 1. The minimum Gasteiger partial charge on any atom is -0.313 e. The summed E-state index contributed by atoms with van der Waals surface area (Å²) < 4.78 is 0. The molecule has 1 aliphatic heterocycles. The highest BCUT2D eigenvalue weighted by molar-refractivity contribution is 8.00. The van der Waals surface area contributed by atoms with E-state index < -0.39 is 0 Å². The van der Waals surface area contributed by atoms with Gasteiger partial charge in [-0.15, -0.1) is 11.3 Å². The van der Waals surface area contributed by atoms with Crippen LogP contribution in [0.5, 0.6) is 0 Å². The Morgan fingerprint density at radius 2 is 2.22 bits per heavy atom. The lowest BCUT2D eigenvalue weighted by molar-refractivity contribution is 0.471. The number of aromatic nitrogens is 1. The zero-order chi connectivity index (χ0) is 13.0. The fourth-order valence-corrected chi connectivity index (χ4v) is 4.92. The third kappa shape index (κ3) is 3.72. The van der Waals surface area contributed by atoms with Crippen molar-refractivity contribution in [3.8, 4) is 0 Å². The van der Waals surface area contributed by atoms with Crippen LogP contribution < -0.4 is 5.32 Å². The van der Waals surface area contributed by atoms with E-state index in [4.69, 9.17) is 4.98 Å². The zero-order valence-corrected chi connectivity index (χ0v) is 13.3. The van der Waals surface area contributed by atoms with Gasteiger partial charge in [0.05, 0.1) is 10.7 Å². The topological polar surface area (TPSA) is 24.9 Å². The number of nitrogens with zero attached hydrogens (tertiary/aromatic N) is 1. The van der Waals surface area contributed by atoms with Crippen molar-refractivity contribution >= 4 is 23.1 Å². The molecular formula is C14H24N2S2. The summed E-state index contributed by atoms with van der Waals surface area (Å²) in [5.41, 5.74) is 1.21. The van der Waals surface area contributed by atoms with Crippen molar-refractivity contribution in [2.24, 2.45) is 0 Å². The van der Waals surface area contributed by atoms with Crippen molar-refractivity contribution in [1.82, 2.24) is 10.3 Å². The Labute approximate surface area is 119 Å². The molecule has 0 spiro atoms. The van der Waals surface area contributed by atoms with Crippen molar-refractivity contribution in [3.05, 3.63) is 15.6 Å². The van der Waals surface area contributed by atoms with Crippen LogP contribution in [0.1, 0.15) is 41.8 Å². The number of thioether (sulfide) groups is 1. The third-order valence-corrected chi connectivity index (χ3v) is 6.21. The summed E-state index contributed by atoms with van der Waals surface area (Å²) in [6.45, 7) is 7.56. The van der Waals surface area contributed by atoms with Crippen LogP contribution in [-0.2, 0) is 6.42 Å². The smallest absolute Gasteiger partial charge is 0.0946 e. The van der Waals surface area contributed by atoms with Gasteiger partial charge in [-0.3, -0.25) is 0 Å². The van der Waals surface area contributed by atoms with Gasteiger partial charge >= 0.3 is 0 Å². The van der Waals surface area contributed by atoms with Gasteiger partial charge < -0.3 is 5.32 Å². The van der Waals surface area contributed by atoms with E-state index in [0.29, 0.717) is 6.04 Å². The molecule has 1 aliphatic rings. The molecule has 0 aromatic carbocycles. The second-order valence-corrected chi connectivity index (χ2v) is 7.66. The Morgan fingerprint density at radius 1 is 1.39 bits per heavy atom. The van der Waals surface area contributed by atoms with Gasteiger partial charge in [0.25, 0.3) is 0 Å². The third-order valence-electron chi connectivity index (χ3n) is 3.60. The highest BCUT2D eigenvalue weighted by Gasteiger charge is 2.24. The average Bonchev–Trinajstić information content (AvgIpc) is 2.69. The predicted molar refractivity (Wildman–Crippen MR) is 82.9 cm³/mol. The van der Waals surface area contributed by atoms with E-state index in [1.54, 1.807) is 0 Å². The van der Waals surface area contributed by atoms with Crippen LogP contribution in [0.3, 0.4) is 0 Å². The maximum Gasteiger partial charge on any atom is 0.0946 e. The van der Waals surface area contributed by atoms with Crippen LogP contribution in [-0.4, -0.2) is 28.6 Å². The van der Waals surface area contributed by atoms with Gasteiger partial charge in [0.1, 0.15) is 0 Å². The van der Waals surface area contributed by atoms with Crippen LogP contribution in [0.25, 0.3) is 0 Å². The first-order chi connectivity index (χ1) is 8.70. The van der Waals surface area contributed by atoms with Crippen molar-refractivity contribution in [1.29, 1.82) is 0 Å². The van der Waals surface area contributed by atoms with E-state index in [1.165, 1.54) is 40.6 Å². The lowest BCUT2D eigenvalue weighted by Crippen LogP contribution is -2.41. The molecule has 0 saturated carbocycles. The molecule has 1 aromatic rings. The normalized spacial score (nSPS) is 22.1. The van der Waals surface area contributed by atoms with Gasteiger partial charge in [-0.25, -0.2) is 4.98 Å². The fraction of sp³-hybridized carbons (Fsp3) is 0.786. The van der Waals surface area contributed by atoms with Gasteiger partial charge in [-0.1, -0.05) is 13.3 Å². The number of hydrogen-bond donors (Lipinski definition) is 1. The highest BCUT2D eigenvalue weighted by atomic mass is 32.2. The summed E-state index contributed by atoms with van der Waals surface area (Å²) >= 11 is 4.03. The first-order valence-electron chi connectivity index (χ1n) is 6.98. The standard InChI is InChI=1S/C14H24N2S2/c1-4-15-12(13-7-5-6-8-17-13)9-14-16-10(2)11(3)18-14/h12-13,15H,4-9H2,1-3H3. The number of hydrogen-bond acceptors (Lipinski definition) is 4. The SMILES string of the molecule is CCNC(Cc1nc(C)c(C)s1)C1CCCCS1. The van der Waals surface area contributed by atoms with E-state index >= 15 is 0 Å². The average molecular weight is 284 g/mol. The van der Waals surface area contributed by atoms with E-state index in [0.717, 1.165) is 18.2 Å². The summed E-state index contributed by atoms with van der Waals surface area (Å²) in [6.07, 6.45) is 5.27. The van der Waals surface area contributed by atoms with Gasteiger partial charge in [-0.2, -0.15) is 11.8 Å². The van der Waals surface area contributed by atoms with E-state index in [9.17, 15) is 0 Å². The Balaban J connectivity index is 2.00. The molecular weight excluding hydrogens is 260 g/mol. The van der Waals surface area contributed by atoms with Crippen molar-refractivity contribution in [2.75, 3.05) is 12.3 Å². The molecule has 102 valence electrons. The van der Waals surface area contributed by atoms with Crippen molar-refractivity contribution in [2.45, 2.75) is 57.7 Å². The quantitative estimate of drug-likeness (QED) is 0.895. The first kappa shape index (κ1) is 14.4. The first-order valence-corrected chi connectivity index (χ1v) is 8.85.